The van der Waals surface area contributed by atoms with E-state index in [0.717, 1.165) is 0 Å². The van der Waals surface area contributed by atoms with Crippen molar-refractivity contribution < 1.29 is 38.9 Å². The number of aliphatic hydroxyl groups is 3. The largest absolute Gasteiger partial charge is 0.472 e. The Morgan fingerprint density at radius 1 is 1.29 bits per heavy atom. The molecule has 1 saturated heterocycles. The van der Waals surface area contributed by atoms with Gasteiger partial charge in [-0.25, -0.2) is 4.57 Å². The van der Waals surface area contributed by atoms with Crippen LogP contribution < -0.4 is 0 Å². The van der Waals surface area contributed by atoms with Crippen molar-refractivity contribution in [3.8, 4) is 0 Å². The normalized spacial score (nSPS) is 38.9. The van der Waals surface area contributed by atoms with E-state index in [2.05, 4.69) is 9.26 Å². The minimum absolute atomic E-state index is 0.584. The first-order valence-corrected chi connectivity index (χ1v) is 5.24. The van der Waals surface area contributed by atoms with Crippen LogP contribution in [0.25, 0.3) is 0 Å². The molecule has 8 nitrogen and oxygen atoms in total. The van der Waals surface area contributed by atoms with E-state index < -0.39 is 39.0 Å². The standard InChI is InChI=1S/C5H11O8P/c6-1-2-3(7)4(8)5(12-2)13-14(9,10)11/h2-8H,1H2,(H2,9,10,11)/t2-,3-,4-,5-/m1/s1. The Balaban J connectivity index is 2.61. The van der Waals surface area contributed by atoms with Crippen LogP contribution in [0, 0.1) is 0 Å². The van der Waals surface area contributed by atoms with Crippen molar-refractivity contribution in [1.29, 1.82) is 0 Å². The monoisotopic (exact) mass is 230 g/mol. The molecule has 0 bridgehead atoms. The van der Waals surface area contributed by atoms with E-state index in [1.165, 1.54) is 0 Å². The van der Waals surface area contributed by atoms with Crippen LogP contribution in [0.1, 0.15) is 0 Å². The maximum absolute atomic E-state index is 10.4. The van der Waals surface area contributed by atoms with Gasteiger partial charge in [0.25, 0.3) is 0 Å². The van der Waals surface area contributed by atoms with Gasteiger partial charge < -0.3 is 29.8 Å². The van der Waals surface area contributed by atoms with Crippen LogP contribution in [0.5, 0.6) is 0 Å². The Kier molecular flexibility index (Phi) is 3.62. The molecule has 14 heavy (non-hydrogen) atoms. The minimum Gasteiger partial charge on any atom is -0.394 e. The summed E-state index contributed by atoms with van der Waals surface area (Å²) >= 11 is 0. The van der Waals surface area contributed by atoms with Gasteiger partial charge in [0.15, 0.2) is 6.29 Å². The van der Waals surface area contributed by atoms with Gasteiger partial charge in [0, 0.05) is 0 Å². The molecule has 9 heteroatoms. The van der Waals surface area contributed by atoms with Gasteiger partial charge in [0.2, 0.25) is 0 Å². The predicted octanol–water partition coefficient (Wildman–Crippen LogP) is -2.47. The van der Waals surface area contributed by atoms with Crippen LogP contribution in [-0.2, 0) is 13.8 Å². The molecule has 4 atom stereocenters. The molecule has 0 radical (unpaired) electrons. The van der Waals surface area contributed by atoms with Gasteiger partial charge in [-0.2, -0.15) is 0 Å². The van der Waals surface area contributed by atoms with Gasteiger partial charge in [-0.1, -0.05) is 0 Å². The lowest BCUT2D eigenvalue weighted by Gasteiger charge is -2.15. The molecular formula is C5H11O8P. The summed E-state index contributed by atoms with van der Waals surface area (Å²) in [6.45, 7) is -0.584. The minimum atomic E-state index is -4.79. The smallest absolute Gasteiger partial charge is 0.394 e. The van der Waals surface area contributed by atoms with Gasteiger partial charge >= 0.3 is 7.82 Å². The number of phosphoric ester groups is 1. The second-order valence-electron chi connectivity index (χ2n) is 2.80. The second-order valence-corrected chi connectivity index (χ2v) is 3.99. The highest BCUT2D eigenvalue weighted by atomic mass is 31.2. The molecule has 1 fully saturated rings. The molecule has 0 aromatic heterocycles. The number of rotatable bonds is 3. The summed E-state index contributed by atoms with van der Waals surface area (Å²) < 4.78 is 19.1. The summed E-state index contributed by atoms with van der Waals surface area (Å²) in [6, 6.07) is 0. The van der Waals surface area contributed by atoms with Crippen molar-refractivity contribution in [1.82, 2.24) is 0 Å². The average molecular weight is 230 g/mol. The molecule has 0 saturated carbocycles. The molecular weight excluding hydrogens is 219 g/mol. The summed E-state index contributed by atoms with van der Waals surface area (Å²) in [7, 11) is -4.79. The average Bonchev–Trinajstić information content (AvgIpc) is 2.30. The first-order chi connectivity index (χ1) is 6.35. The van der Waals surface area contributed by atoms with Crippen molar-refractivity contribution in [3.63, 3.8) is 0 Å². The topological polar surface area (TPSA) is 137 Å². The number of phosphoric acid groups is 1. The predicted molar refractivity (Wildman–Crippen MR) is 40.9 cm³/mol. The summed E-state index contributed by atoms with van der Waals surface area (Å²) in [6.07, 6.45) is -5.78. The molecule has 0 spiro atoms. The van der Waals surface area contributed by atoms with Crippen molar-refractivity contribution >= 4 is 7.82 Å². The highest BCUT2D eigenvalue weighted by molar-refractivity contribution is 7.46. The van der Waals surface area contributed by atoms with E-state index in [-0.39, 0.29) is 0 Å². The van der Waals surface area contributed by atoms with E-state index in [0.29, 0.717) is 0 Å². The SMILES string of the molecule is O=P(O)(O)O[C@H]1O[C@H](CO)[C@@H](O)[C@H]1O. The van der Waals surface area contributed by atoms with E-state index >= 15 is 0 Å². The molecule has 0 amide bonds. The summed E-state index contributed by atoms with van der Waals surface area (Å²) in [5, 5.41) is 26.9. The number of aliphatic hydroxyl groups excluding tert-OH is 3. The maximum atomic E-state index is 10.4. The summed E-state index contributed by atoms with van der Waals surface area (Å²) in [5.74, 6) is 0. The third-order valence-corrected chi connectivity index (χ3v) is 2.22. The third-order valence-electron chi connectivity index (χ3n) is 1.74. The van der Waals surface area contributed by atoms with Crippen molar-refractivity contribution in [3.05, 3.63) is 0 Å². The van der Waals surface area contributed by atoms with Crippen molar-refractivity contribution in [2.75, 3.05) is 6.61 Å². The van der Waals surface area contributed by atoms with Crippen LogP contribution in [0.15, 0.2) is 0 Å². The molecule has 84 valence electrons. The first-order valence-electron chi connectivity index (χ1n) is 3.71. The zero-order valence-corrected chi connectivity index (χ0v) is 7.82. The summed E-state index contributed by atoms with van der Waals surface area (Å²) in [5.41, 5.74) is 0. The van der Waals surface area contributed by atoms with Gasteiger partial charge in [-0.15, -0.1) is 0 Å². The lowest BCUT2D eigenvalue weighted by Crippen LogP contribution is -2.34. The zero-order chi connectivity index (χ0) is 10.9. The molecule has 1 aliphatic rings. The highest BCUT2D eigenvalue weighted by Crippen LogP contribution is 2.40. The van der Waals surface area contributed by atoms with E-state index in [4.69, 9.17) is 25.1 Å². The Morgan fingerprint density at radius 2 is 1.86 bits per heavy atom. The van der Waals surface area contributed by atoms with Crippen molar-refractivity contribution in [2.24, 2.45) is 0 Å². The molecule has 0 aromatic rings. The first kappa shape index (κ1) is 12.0. The molecule has 1 aliphatic heterocycles. The second kappa shape index (κ2) is 4.21. The van der Waals surface area contributed by atoms with Crippen LogP contribution in [-0.4, -0.2) is 56.3 Å². The van der Waals surface area contributed by atoms with Crippen molar-refractivity contribution in [2.45, 2.75) is 24.6 Å². The molecule has 1 rings (SSSR count). The van der Waals surface area contributed by atoms with Crippen LogP contribution in [0.2, 0.25) is 0 Å². The highest BCUT2D eigenvalue weighted by Gasteiger charge is 2.45. The van der Waals surface area contributed by atoms with E-state index in [1.54, 1.807) is 0 Å². The Bertz CT molecular complexity index is 238. The van der Waals surface area contributed by atoms with E-state index in [1.807, 2.05) is 0 Å². The molecule has 1 heterocycles. The van der Waals surface area contributed by atoms with Gasteiger partial charge in [-0.05, 0) is 0 Å². The fourth-order valence-corrected chi connectivity index (χ4v) is 1.53. The lowest BCUT2D eigenvalue weighted by atomic mass is 10.1. The van der Waals surface area contributed by atoms with Crippen LogP contribution in [0.3, 0.4) is 0 Å². The maximum Gasteiger partial charge on any atom is 0.472 e. The molecule has 5 N–H and O–H groups in total. The zero-order valence-electron chi connectivity index (χ0n) is 6.92. The van der Waals surface area contributed by atoms with E-state index in [9.17, 15) is 4.57 Å². The Hall–Kier alpha value is -0.0500. The lowest BCUT2D eigenvalue weighted by molar-refractivity contribution is -0.126. The summed E-state index contributed by atoms with van der Waals surface area (Å²) in [4.78, 5) is 16.8. The third kappa shape index (κ3) is 2.72. The fraction of sp³-hybridized carbons (Fsp3) is 1.00. The van der Waals surface area contributed by atoms with Gasteiger partial charge in [0.05, 0.1) is 6.61 Å². The number of ether oxygens (including phenoxy) is 1. The van der Waals surface area contributed by atoms with Crippen LogP contribution >= 0.6 is 7.82 Å². The number of hydrogen-bond acceptors (Lipinski definition) is 6. The molecule has 0 unspecified atom stereocenters. The molecule has 0 aromatic carbocycles. The Labute approximate surface area is 78.9 Å². The number of hydrogen-bond donors (Lipinski definition) is 5. The fourth-order valence-electron chi connectivity index (χ4n) is 1.09. The Morgan fingerprint density at radius 3 is 2.21 bits per heavy atom. The van der Waals surface area contributed by atoms with Gasteiger partial charge in [-0.3, -0.25) is 4.52 Å². The quantitative estimate of drug-likeness (QED) is 0.336. The van der Waals surface area contributed by atoms with Gasteiger partial charge in [0.1, 0.15) is 18.3 Å². The molecule has 0 aliphatic carbocycles. The van der Waals surface area contributed by atoms with Crippen LogP contribution in [0.4, 0.5) is 0 Å².